The van der Waals surface area contributed by atoms with E-state index in [-0.39, 0.29) is 44.7 Å². The third-order valence-corrected chi connectivity index (χ3v) is 5.98. The van der Waals surface area contributed by atoms with Crippen LogP contribution >= 0.6 is 11.6 Å². The summed E-state index contributed by atoms with van der Waals surface area (Å²) in [6.45, 7) is 0.289. The minimum atomic E-state index is -1.27. The van der Waals surface area contributed by atoms with Crippen LogP contribution in [0.4, 0.5) is 0 Å². The number of ether oxygens (including phenoxy) is 1. The predicted molar refractivity (Wildman–Crippen MR) is 126 cm³/mol. The lowest BCUT2D eigenvalue weighted by Crippen LogP contribution is -2.41. The fourth-order valence-electron chi connectivity index (χ4n) is 3.74. The summed E-state index contributed by atoms with van der Waals surface area (Å²) in [5.41, 5.74) is 1.56. The summed E-state index contributed by atoms with van der Waals surface area (Å²) < 4.78 is 5.52. The van der Waals surface area contributed by atoms with Crippen LogP contribution in [0.15, 0.2) is 54.6 Å². The highest BCUT2D eigenvalue weighted by Gasteiger charge is 2.30. The Balaban J connectivity index is 1.68. The van der Waals surface area contributed by atoms with Crippen LogP contribution in [0.1, 0.15) is 42.9 Å². The van der Waals surface area contributed by atoms with Crippen molar-refractivity contribution in [1.82, 2.24) is 10.6 Å². The fourth-order valence-corrected chi connectivity index (χ4v) is 3.87. The van der Waals surface area contributed by atoms with Crippen LogP contribution in [0.3, 0.4) is 0 Å². The van der Waals surface area contributed by atoms with Crippen molar-refractivity contribution < 1.29 is 29.3 Å². The highest BCUT2D eigenvalue weighted by Crippen LogP contribution is 2.22. The number of aliphatic hydroxyl groups is 2. The van der Waals surface area contributed by atoms with Gasteiger partial charge in [0.2, 0.25) is 11.8 Å². The quantitative estimate of drug-likeness (QED) is 0.478. The van der Waals surface area contributed by atoms with Gasteiger partial charge in [-0.05, 0) is 36.1 Å². The Kier molecular flexibility index (Phi) is 9.44. The lowest BCUT2D eigenvalue weighted by atomic mass is 9.92. The van der Waals surface area contributed by atoms with Gasteiger partial charge in [-0.15, -0.1) is 0 Å². The van der Waals surface area contributed by atoms with Crippen LogP contribution in [-0.2, 0) is 25.7 Å². The first-order valence-electron chi connectivity index (χ1n) is 11.2. The van der Waals surface area contributed by atoms with E-state index in [4.69, 9.17) is 16.3 Å². The molecule has 3 rings (SSSR count). The van der Waals surface area contributed by atoms with E-state index in [0.717, 1.165) is 5.56 Å². The molecule has 0 spiro atoms. The molecule has 2 aromatic rings. The lowest BCUT2D eigenvalue weighted by molar-refractivity contribution is -0.151. The molecule has 1 saturated heterocycles. The number of carbonyl (C=O) groups excluding carboxylic acids is 3. The minimum absolute atomic E-state index is 0.0153. The van der Waals surface area contributed by atoms with Crippen molar-refractivity contribution >= 4 is 29.4 Å². The molecule has 2 aromatic carbocycles. The normalized spacial score (nSPS) is 24.2. The molecular formula is C25H29ClN2O6. The molecule has 2 unspecified atom stereocenters. The Bertz CT molecular complexity index is 969. The second-order valence-corrected chi connectivity index (χ2v) is 8.78. The molecule has 8 nitrogen and oxygen atoms in total. The number of carbonyl (C=O) groups is 3. The largest absolute Gasteiger partial charge is 0.456 e. The molecule has 0 radical (unpaired) electrons. The molecule has 1 fully saturated rings. The van der Waals surface area contributed by atoms with Crippen LogP contribution in [0.2, 0.25) is 5.02 Å². The van der Waals surface area contributed by atoms with Gasteiger partial charge in [-0.3, -0.25) is 14.4 Å². The summed E-state index contributed by atoms with van der Waals surface area (Å²) in [4.78, 5) is 37.8. The van der Waals surface area contributed by atoms with Gasteiger partial charge in [-0.25, -0.2) is 0 Å². The Morgan fingerprint density at radius 1 is 1.06 bits per heavy atom. The number of amides is 2. The van der Waals surface area contributed by atoms with Crippen molar-refractivity contribution in [1.29, 1.82) is 0 Å². The Morgan fingerprint density at radius 3 is 2.47 bits per heavy atom. The fraction of sp³-hybridized carbons (Fsp3) is 0.400. The van der Waals surface area contributed by atoms with E-state index in [1.54, 1.807) is 48.5 Å². The third-order valence-electron chi connectivity index (χ3n) is 5.73. The molecule has 34 heavy (non-hydrogen) atoms. The summed E-state index contributed by atoms with van der Waals surface area (Å²) in [6, 6.07) is 16.0. The van der Waals surface area contributed by atoms with Gasteiger partial charge in [0, 0.05) is 30.3 Å². The van der Waals surface area contributed by atoms with Crippen molar-refractivity contribution in [2.24, 2.45) is 5.92 Å². The van der Waals surface area contributed by atoms with Crippen LogP contribution in [0, 0.1) is 5.92 Å². The number of halogens is 1. The number of esters is 1. The van der Waals surface area contributed by atoms with Gasteiger partial charge in [-0.1, -0.05) is 54.1 Å². The maximum Gasteiger partial charge on any atom is 0.306 e. The van der Waals surface area contributed by atoms with Crippen molar-refractivity contribution in [3.05, 3.63) is 70.7 Å². The zero-order chi connectivity index (χ0) is 24.5. The minimum Gasteiger partial charge on any atom is -0.456 e. The summed E-state index contributed by atoms with van der Waals surface area (Å²) in [5.74, 6) is -2.24. The zero-order valence-electron chi connectivity index (χ0n) is 18.7. The molecule has 1 heterocycles. The first kappa shape index (κ1) is 25.7. The highest BCUT2D eigenvalue weighted by atomic mass is 35.5. The number of cyclic esters (lactones) is 1. The second-order valence-electron chi connectivity index (χ2n) is 8.35. The Hall–Kier alpha value is -2.94. The summed E-state index contributed by atoms with van der Waals surface area (Å²) >= 11 is 5.87. The molecule has 0 saturated carbocycles. The predicted octanol–water partition coefficient (Wildman–Crippen LogP) is 2.27. The van der Waals surface area contributed by atoms with E-state index in [9.17, 15) is 24.6 Å². The summed E-state index contributed by atoms with van der Waals surface area (Å²) in [7, 11) is 0. The molecule has 182 valence electrons. The van der Waals surface area contributed by atoms with E-state index in [1.807, 2.05) is 6.07 Å². The number of benzene rings is 2. The van der Waals surface area contributed by atoms with Crippen LogP contribution in [-0.4, -0.2) is 46.7 Å². The zero-order valence-corrected chi connectivity index (χ0v) is 19.4. The molecule has 1 aliphatic heterocycles. The second kappa shape index (κ2) is 12.5. The smallest absolute Gasteiger partial charge is 0.306 e. The van der Waals surface area contributed by atoms with Crippen molar-refractivity contribution in [3.63, 3.8) is 0 Å². The topological polar surface area (TPSA) is 125 Å². The SMILES string of the molecule is O=C(C[C@@H]1C[C@@H](O)C(O)CCC(=O)OC(c2ccccc2)CNC1=O)NCc1ccc(Cl)cc1. The average molecular weight is 489 g/mol. The molecule has 4 atom stereocenters. The van der Waals surface area contributed by atoms with Gasteiger partial charge in [0.1, 0.15) is 6.10 Å². The third kappa shape index (κ3) is 7.83. The van der Waals surface area contributed by atoms with Gasteiger partial charge in [-0.2, -0.15) is 0 Å². The number of hydrogen-bond donors (Lipinski definition) is 4. The first-order chi connectivity index (χ1) is 16.3. The van der Waals surface area contributed by atoms with E-state index in [0.29, 0.717) is 10.6 Å². The van der Waals surface area contributed by atoms with Gasteiger partial charge < -0.3 is 25.6 Å². The standard InChI is InChI=1S/C25H29ClN2O6/c26-19-8-6-16(7-9-19)14-27-23(31)13-18-12-21(30)20(29)10-11-24(32)34-22(15-28-25(18)33)17-4-2-1-3-5-17/h1-9,18,20-22,29-30H,10-15H2,(H,27,31)(H,28,33)/t18-,20?,21+,22?/m0/s1. The van der Waals surface area contributed by atoms with Crippen LogP contribution < -0.4 is 10.6 Å². The van der Waals surface area contributed by atoms with Gasteiger partial charge in [0.15, 0.2) is 0 Å². The maximum absolute atomic E-state index is 12.9. The van der Waals surface area contributed by atoms with E-state index in [1.165, 1.54) is 0 Å². The van der Waals surface area contributed by atoms with E-state index >= 15 is 0 Å². The molecule has 2 amide bonds. The number of rotatable bonds is 5. The average Bonchev–Trinajstić information content (AvgIpc) is 2.84. The first-order valence-corrected chi connectivity index (χ1v) is 11.6. The molecule has 1 aliphatic rings. The highest BCUT2D eigenvalue weighted by molar-refractivity contribution is 6.30. The van der Waals surface area contributed by atoms with Crippen molar-refractivity contribution in [2.75, 3.05) is 6.54 Å². The van der Waals surface area contributed by atoms with E-state index < -0.39 is 36.1 Å². The van der Waals surface area contributed by atoms with Crippen LogP contribution in [0.25, 0.3) is 0 Å². The van der Waals surface area contributed by atoms with E-state index in [2.05, 4.69) is 10.6 Å². The lowest BCUT2D eigenvalue weighted by Gasteiger charge is -2.26. The molecule has 0 bridgehead atoms. The molecule has 9 heteroatoms. The number of aliphatic hydroxyl groups excluding tert-OH is 2. The van der Waals surface area contributed by atoms with Crippen molar-refractivity contribution in [2.45, 2.75) is 50.5 Å². The maximum atomic E-state index is 12.9. The molecule has 4 N–H and O–H groups in total. The van der Waals surface area contributed by atoms with Gasteiger partial charge in [0.05, 0.1) is 18.8 Å². The number of hydrogen-bond acceptors (Lipinski definition) is 6. The molecular weight excluding hydrogens is 460 g/mol. The Morgan fingerprint density at radius 2 is 1.76 bits per heavy atom. The van der Waals surface area contributed by atoms with Gasteiger partial charge in [0.25, 0.3) is 0 Å². The Labute approximate surface area is 203 Å². The molecule has 0 aromatic heterocycles. The summed E-state index contributed by atoms with van der Waals surface area (Å²) in [6.07, 6.45) is -3.59. The summed E-state index contributed by atoms with van der Waals surface area (Å²) in [5, 5.41) is 26.8. The van der Waals surface area contributed by atoms with Gasteiger partial charge >= 0.3 is 5.97 Å². The van der Waals surface area contributed by atoms with Crippen LogP contribution in [0.5, 0.6) is 0 Å². The van der Waals surface area contributed by atoms with Crippen molar-refractivity contribution in [3.8, 4) is 0 Å². The molecule has 0 aliphatic carbocycles. The number of nitrogens with one attached hydrogen (secondary N) is 2. The monoisotopic (exact) mass is 488 g/mol.